The van der Waals surface area contributed by atoms with Crippen molar-refractivity contribution in [2.24, 2.45) is 0 Å². The van der Waals surface area contributed by atoms with E-state index < -0.39 is 30.1 Å². The number of hydrogen-bond donors (Lipinski definition) is 3. The fraction of sp³-hybridized carbons (Fsp3) is 0.615. The van der Waals surface area contributed by atoms with Crippen molar-refractivity contribution >= 4 is 5.95 Å². The molecule has 22 heavy (non-hydrogen) atoms. The van der Waals surface area contributed by atoms with Gasteiger partial charge in [-0.05, 0) is 6.92 Å². The molecule has 1 aromatic rings. The largest absolute Gasteiger partial charge is 0.481 e. The Kier molecular flexibility index (Phi) is 3.62. The Morgan fingerprint density at radius 2 is 2.27 bits per heavy atom. The molecule has 3 heterocycles. The van der Waals surface area contributed by atoms with Gasteiger partial charge in [-0.1, -0.05) is 0 Å². The topological polar surface area (TPSA) is 130 Å². The number of fused-ring (bicyclic) bond motifs is 2. The van der Waals surface area contributed by atoms with E-state index in [-0.39, 0.29) is 24.1 Å². The molecule has 0 radical (unpaired) electrons. The van der Waals surface area contributed by atoms with Crippen LogP contribution in [0.3, 0.4) is 0 Å². The smallest absolute Gasteiger partial charge is 0.227 e. The Balaban J connectivity index is 1.85. The minimum Gasteiger partial charge on any atom is -0.481 e. The number of rotatable bonds is 3. The average Bonchev–Trinajstić information content (AvgIpc) is 2.90. The minimum absolute atomic E-state index is 0.0786. The van der Waals surface area contributed by atoms with Crippen LogP contribution in [0, 0.1) is 11.3 Å². The predicted octanol–water partition coefficient (Wildman–Crippen LogP) is -0.996. The molecule has 9 nitrogen and oxygen atoms in total. The summed E-state index contributed by atoms with van der Waals surface area (Å²) in [5.41, 5.74) is -0.826. The van der Waals surface area contributed by atoms with E-state index >= 15 is 0 Å². The third-order valence-electron chi connectivity index (χ3n) is 3.85. The fourth-order valence-electron chi connectivity index (χ4n) is 2.59. The number of nitrogens with zero attached hydrogens (tertiary/aromatic N) is 3. The van der Waals surface area contributed by atoms with E-state index in [1.165, 1.54) is 13.2 Å². The van der Waals surface area contributed by atoms with Crippen LogP contribution in [0.4, 0.5) is 5.95 Å². The lowest BCUT2D eigenvalue weighted by molar-refractivity contribution is -0.208. The van der Waals surface area contributed by atoms with Crippen molar-refractivity contribution in [2.75, 3.05) is 19.0 Å². The van der Waals surface area contributed by atoms with Crippen molar-refractivity contribution in [3.8, 4) is 11.9 Å². The maximum atomic E-state index is 10.3. The van der Waals surface area contributed by atoms with Crippen LogP contribution >= 0.6 is 0 Å². The van der Waals surface area contributed by atoms with Gasteiger partial charge >= 0.3 is 0 Å². The van der Waals surface area contributed by atoms with Gasteiger partial charge in [0.15, 0.2) is 6.29 Å². The highest BCUT2D eigenvalue weighted by atomic mass is 16.7. The van der Waals surface area contributed by atoms with Gasteiger partial charge in [0.05, 0.1) is 13.7 Å². The van der Waals surface area contributed by atoms with E-state index in [4.69, 9.17) is 19.5 Å². The second-order valence-corrected chi connectivity index (χ2v) is 5.45. The summed E-state index contributed by atoms with van der Waals surface area (Å²) in [6, 6.07) is 2.51. The quantitative estimate of drug-likeness (QED) is 0.644. The molecule has 118 valence electrons. The van der Waals surface area contributed by atoms with Gasteiger partial charge in [0.25, 0.3) is 0 Å². The van der Waals surface area contributed by atoms with Crippen molar-refractivity contribution in [1.29, 1.82) is 5.26 Å². The van der Waals surface area contributed by atoms with Crippen molar-refractivity contribution in [1.82, 2.24) is 9.97 Å². The summed E-state index contributed by atoms with van der Waals surface area (Å²) < 4.78 is 16.1. The van der Waals surface area contributed by atoms with Crippen LogP contribution in [0.1, 0.15) is 12.6 Å². The molecule has 2 aliphatic heterocycles. The van der Waals surface area contributed by atoms with E-state index in [1.54, 1.807) is 6.92 Å². The zero-order valence-electron chi connectivity index (χ0n) is 12.1. The third kappa shape index (κ3) is 2.36. The lowest BCUT2D eigenvalue weighted by Crippen LogP contribution is -2.61. The number of aromatic nitrogens is 2. The summed E-state index contributed by atoms with van der Waals surface area (Å²) in [6.45, 7) is 1.85. The average molecular weight is 308 g/mol. The second-order valence-electron chi connectivity index (χ2n) is 5.45. The first kappa shape index (κ1) is 14.9. The van der Waals surface area contributed by atoms with Crippen molar-refractivity contribution in [3.63, 3.8) is 0 Å². The Morgan fingerprint density at radius 3 is 2.95 bits per heavy atom. The molecule has 0 aliphatic carbocycles. The lowest BCUT2D eigenvalue weighted by atomic mass is 9.89. The molecule has 3 N–H and O–H groups in total. The normalized spacial score (nSPS) is 36.7. The summed E-state index contributed by atoms with van der Waals surface area (Å²) >= 11 is 0. The maximum Gasteiger partial charge on any atom is 0.227 e. The monoisotopic (exact) mass is 308 g/mol. The molecule has 5 atom stereocenters. The molecule has 2 saturated heterocycles. The lowest BCUT2D eigenvalue weighted by Gasteiger charge is -2.41. The Morgan fingerprint density at radius 1 is 1.50 bits per heavy atom. The van der Waals surface area contributed by atoms with Crippen LogP contribution in [0.5, 0.6) is 5.88 Å². The summed E-state index contributed by atoms with van der Waals surface area (Å²) in [5, 5.41) is 32.2. The number of nitriles is 1. The number of nitrogens with one attached hydrogen (secondary N) is 1. The van der Waals surface area contributed by atoms with Crippen LogP contribution in [0.15, 0.2) is 6.07 Å². The molecule has 0 spiro atoms. The van der Waals surface area contributed by atoms with E-state index in [2.05, 4.69) is 15.3 Å². The number of anilines is 1. The predicted molar refractivity (Wildman–Crippen MR) is 72.0 cm³/mol. The Labute approximate surface area is 126 Å². The van der Waals surface area contributed by atoms with Crippen LogP contribution in [0.25, 0.3) is 0 Å². The summed E-state index contributed by atoms with van der Waals surface area (Å²) in [5.74, 6) is 0.285. The second kappa shape index (κ2) is 5.33. The molecule has 2 bridgehead atoms. The Hall–Kier alpha value is -1.99. The molecular formula is C13H16N4O5. The van der Waals surface area contributed by atoms with Gasteiger partial charge in [0.2, 0.25) is 11.8 Å². The zero-order chi connectivity index (χ0) is 15.9. The number of aliphatic hydroxyl groups excluding tert-OH is 2. The highest BCUT2D eigenvalue weighted by molar-refractivity contribution is 5.37. The molecule has 0 unspecified atom stereocenters. The molecule has 2 aliphatic rings. The fourth-order valence-corrected chi connectivity index (χ4v) is 2.59. The van der Waals surface area contributed by atoms with Gasteiger partial charge in [-0.25, -0.2) is 4.98 Å². The van der Waals surface area contributed by atoms with E-state index in [9.17, 15) is 10.2 Å². The first-order valence-corrected chi connectivity index (χ1v) is 6.72. The van der Waals surface area contributed by atoms with E-state index in [0.717, 1.165) is 0 Å². The molecule has 0 saturated carbocycles. The van der Waals surface area contributed by atoms with Crippen molar-refractivity contribution in [3.05, 3.63) is 11.8 Å². The third-order valence-corrected chi connectivity index (χ3v) is 3.85. The van der Waals surface area contributed by atoms with E-state index in [1.807, 2.05) is 6.07 Å². The molecule has 1 aromatic heterocycles. The van der Waals surface area contributed by atoms with Crippen molar-refractivity contribution in [2.45, 2.75) is 37.1 Å². The van der Waals surface area contributed by atoms with Gasteiger partial charge in [0, 0.05) is 6.07 Å². The molecule has 0 aromatic carbocycles. The molecular weight excluding hydrogens is 292 g/mol. The number of aliphatic hydroxyl groups is 2. The summed E-state index contributed by atoms with van der Waals surface area (Å²) in [6.07, 6.45) is -3.00. The maximum absolute atomic E-state index is 10.3. The van der Waals surface area contributed by atoms with Crippen LogP contribution in [0.2, 0.25) is 0 Å². The Bertz CT molecular complexity index is 621. The first-order chi connectivity index (χ1) is 10.5. The van der Waals surface area contributed by atoms with E-state index in [0.29, 0.717) is 0 Å². The zero-order valence-corrected chi connectivity index (χ0v) is 12.1. The van der Waals surface area contributed by atoms with Gasteiger partial charge < -0.3 is 29.7 Å². The SMILES string of the molecule is COc1cc(C#N)nc(N[C@H]2[C@H]3OC[C@](C)(O3)[C@H](O)[C@@H]2O)n1. The standard InChI is InChI=1S/C13H16N4O5/c1-13-5-21-11(22-13)8(9(18)10(13)19)17-12-15-6(4-14)3-7(16-12)20-2/h3,8-11,18-19H,5H2,1-2H3,(H,15,16,17)/t8-,9-,10-,11+,13+/m1/s1. The van der Waals surface area contributed by atoms with Crippen LogP contribution < -0.4 is 10.1 Å². The van der Waals surface area contributed by atoms with Crippen LogP contribution in [-0.2, 0) is 9.47 Å². The van der Waals surface area contributed by atoms with Crippen molar-refractivity contribution < 1.29 is 24.4 Å². The number of ether oxygens (including phenoxy) is 3. The number of methoxy groups -OCH3 is 1. The van der Waals surface area contributed by atoms with Gasteiger partial charge in [0.1, 0.15) is 35.6 Å². The highest BCUT2D eigenvalue weighted by Crippen LogP contribution is 2.37. The molecule has 3 rings (SSSR count). The highest BCUT2D eigenvalue weighted by Gasteiger charge is 2.56. The van der Waals surface area contributed by atoms with Gasteiger partial charge in [-0.15, -0.1) is 0 Å². The minimum atomic E-state index is -1.13. The van der Waals surface area contributed by atoms with Crippen LogP contribution in [-0.4, -0.2) is 64.0 Å². The summed E-state index contributed by atoms with van der Waals surface area (Å²) in [7, 11) is 1.42. The molecule has 9 heteroatoms. The number of hydrogen-bond acceptors (Lipinski definition) is 9. The van der Waals surface area contributed by atoms with Gasteiger partial charge in [-0.3, -0.25) is 0 Å². The summed E-state index contributed by atoms with van der Waals surface area (Å²) in [4.78, 5) is 8.04. The molecule has 0 amide bonds. The molecule has 2 fully saturated rings. The first-order valence-electron chi connectivity index (χ1n) is 6.72. The van der Waals surface area contributed by atoms with Gasteiger partial charge in [-0.2, -0.15) is 10.2 Å².